The van der Waals surface area contributed by atoms with E-state index in [9.17, 15) is 0 Å². The van der Waals surface area contributed by atoms with E-state index in [1.165, 1.54) is 29.5 Å². The van der Waals surface area contributed by atoms with Gasteiger partial charge in [0.2, 0.25) is 0 Å². The minimum Gasteiger partial charge on any atom is -0.388 e. The molecule has 0 amide bonds. The van der Waals surface area contributed by atoms with Crippen LogP contribution >= 0.6 is 11.6 Å². The molecule has 0 N–H and O–H groups in total. The molecule has 4 heteroatoms. The van der Waals surface area contributed by atoms with Gasteiger partial charge in [0.25, 0.3) is 0 Å². The van der Waals surface area contributed by atoms with Gasteiger partial charge in [0.15, 0.2) is 6.10 Å². The van der Waals surface area contributed by atoms with Crippen molar-refractivity contribution >= 4 is 17.3 Å². The van der Waals surface area contributed by atoms with Gasteiger partial charge in [-0.2, -0.15) is 0 Å². The average Bonchev–Trinajstić information content (AvgIpc) is 3.50. The molecular formula is C26H23ClN2O. The number of nitrogens with zero attached hydrogens (tertiary/aromatic N) is 2. The molecule has 1 saturated heterocycles. The highest BCUT2D eigenvalue weighted by atomic mass is 35.5. The molecular weight excluding hydrogens is 392 g/mol. The Balaban J connectivity index is 1.60. The number of rotatable bonds is 3. The van der Waals surface area contributed by atoms with Crippen molar-refractivity contribution in [2.24, 2.45) is 5.16 Å². The number of likely N-dealkylation sites (tertiary alicyclic amines) is 1. The summed E-state index contributed by atoms with van der Waals surface area (Å²) in [7, 11) is 0. The van der Waals surface area contributed by atoms with Gasteiger partial charge in [-0.1, -0.05) is 83.5 Å². The van der Waals surface area contributed by atoms with Crippen LogP contribution in [0.25, 0.3) is 0 Å². The molecule has 0 unspecified atom stereocenters. The van der Waals surface area contributed by atoms with Crippen LogP contribution in [0.5, 0.6) is 0 Å². The molecule has 0 bridgehead atoms. The highest BCUT2D eigenvalue weighted by Crippen LogP contribution is 2.57. The van der Waals surface area contributed by atoms with Crippen molar-refractivity contribution in [1.82, 2.24) is 4.90 Å². The number of benzene rings is 3. The number of halogens is 1. The van der Waals surface area contributed by atoms with E-state index < -0.39 is 0 Å². The third kappa shape index (κ3) is 2.46. The van der Waals surface area contributed by atoms with Gasteiger partial charge in [0.05, 0.1) is 5.92 Å². The second-order valence-electron chi connectivity index (χ2n) is 8.41. The van der Waals surface area contributed by atoms with Crippen LogP contribution in [0.2, 0.25) is 5.02 Å². The van der Waals surface area contributed by atoms with Crippen molar-refractivity contribution in [3.8, 4) is 0 Å². The average molecular weight is 415 g/mol. The lowest BCUT2D eigenvalue weighted by atomic mass is 9.79. The van der Waals surface area contributed by atoms with Gasteiger partial charge in [0, 0.05) is 10.6 Å². The Bertz CT molecular complexity index is 1110. The molecule has 30 heavy (non-hydrogen) atoms. The van der Waals surface area contributed by atoms with Crippen LogP contribution in [-0.2, 0) is 10.4 Å². The molecule has 1 fully saturated rings. The van der Waals surface area contributed by atoms with Crippen LogP contribution in [0.3, 0.4) is 0 Å². The second kappa shape index (κ2) is 6.97. The Kier molecular flexibility index (Phi) is 4.22. The second-order valence-corrected chi connectivity index (χ2v) is 8.85. The fourth-order valence-corrected chi connectivity index (χ4v) is 5.84. The lowest BCUT2D eigenvalue weighted by Crippen LogP contribution is -2.54. The minimum absolute atomic E-state index is 0.0823. The van der Waals surface area contributed by atoms with Crippen molar-refractivity contribution in [1.29, 1.82) is 0 Å². The Morgan fingerprint density at radius 3 is 2.33 bits per heavy atom. The molecule has 2 aliphatic heterocycles. The lowest BCUT2D eigenvalue weighted by molar-refractivity contribution is -0.00268. The maximum Gasteiger partial charge on any atom is 0.166 e. The minimum atomic E-state index is -0.374. The molecule has 0 spiro atoms. The third-order valence-corrected chi connectivity index (χ3v) is 7.17. The highest BCUT2D eigenvalue weighted by molar-refractivity contribution is 6.30. The van der Waals surface area contributed by atoms with E-state index in [0.29, 0.717) is 0 Å². The Morgan fingerprint density at radius 2 is 1.57 bits per heavy atom. The summed E-state index contributed by atoms with van der Waals surface area (Å²) < 4.78 is 0. The summed E-state index contributed by atoms with van der Waals surface area (Å²) in [5.41, 5.74) is 5.68. The van der Waals surface area contributed by atoms with E-state index in [4.69, 9.17) is 21.6 Å². The Hall–Kier alpha value is -2.62. The first kappa shape index (κ1) is 18.2. The molecule has 0 aromatic heterocycles. The number of fused-ring (bicyclic) bond motifs is 3. The first-order valence-electron chi connectivity index (χ1n) is 10.7. The molecule has 150 valence electrons. The standard InChI is InChI=1S/C26H23ClN2O/c27-20-14-12-19(13-15-20)24-26(29-16-6-7-17-29)22-11-5-4-10-21(22)23(25(26)30-28-24)18-8-2-1-3-9-18/h1-5,8-15,23,25H,6-7,16-17H2/t23-,25+,26-/m0/s1. The van der Waals surface area contributed by atoms with E-state index in [1.54, 1.807) is 0 Å². The third-order valence-electron chi connectivity index (χ3n) is 6.92. The smallest absolute Gasteiger partial charge is 0.166 e. The molecule has 6 rings (SSSR count). The van der Waals surface area contributed by atoms with Gasteiger partial charge in [-0.05, 0) is 54.8 Å². The van der Waals surface area contributed by atoms with Gasteiger partial charge in [-0.15, -0.1) is 0 Å². The SMILES string of the molecule is Clc1ccc(C2=NO[C@@H]3[C@@H](c4ccccc4)c4ccccc4[C@]23N2CCCC2)cc1. The van der Waals surface area contributed by atoms with Crippen LogP contribution in [-0.4, -0.2) is 29.8 Å². The van der Waals surface area contributed by atoms with E-state index in [0.717, 1.165) is 29.4 Å². The maximum atomic E-state index is 6.35. The van der Waals surface area contributed by atoms with Crippen molar-refractivity contribution in [3.63, 3.8) is 0 Å². The number of hydrogen-bond acceptors (Lipinski definition) is 3. The molecule has 3 aromatic rings. The Morgan fingerprint density at radius 1 is 0.867 bits per heavy atom. The summed E-state index contributed by atoms with van der Waals surface area (Å²) in [6, 6.07) is 27.6. The molecule has 3 atom stereocenters. The summed E-state index contributed by atoms with van der Waals surface area (Å²) in [5.74, 6) is 0.150. The van der Waals surface area contributed by atoms with Crippen LogP contribution in [0.15, 0.2) is 84.0 Å². The van der Waals surface area contributed by atoms with Crippen LogP contribution in [0.4, 0.5) is 0 Å². The van der Waals surface area contributed by atoms with E-state index in [-0.39, 0.29) is 17.6 Å². The molecule has 3 aromatic carbocycles. The van der Waals surface area contributed by atoms with Gasteiger partial charge in [0.1, 0.15) is 11.3 Å². The Labute approximate surface area is 181 Å². The molecule has 3 aliphatic rings. The van der Waals surface area contributed by atoms with Gasteiger partial charge in [-0.25, -0.2) is 0 Å². The lowest BCUT2D eigenvalue weighted by Gasteiger charge is -2.39. The predicted molar refractivity (Wildman–Crippen MR) is 120 cm³/mol. The first-order chi connectivity index (χ1) is 14.8. The fourth-order valence-electron chi connectivity index (χ4n) is 5.72. The highest BCUT2D eigenvalue weighted by Gasteiger charge is 2.64. The van der Waals surface area contributed by atoms with E-state index in [2.05, 4.69) is 71.6 Å². The summed E-state index contributed by atoms with van der Waals surface area (Å²) in [6.07, 6.45) is 2.34. The van der Waals surface area contributed by atoms with Crippen molar-refractivity contribution < 1.29 is 4.84 Å². The van der Waals surface area contributed by atoms with E-state index >= 15 is 0 Å². The zero-order valence-corrected chi connectivity index (χ0v) is 17.4. The van der Waals surface area contributed by atoms with Gasteiger partial charge in [-0.3, -0.25) is 4.90 Å². The number of oxime groups is 1. The van der Waals surface area contributed by atoms with Crippen molar-refractivity contribution in [3.05, 3.63) is 106 Å². The number of hydrogen-bond donors (Lipinski definition) is 0. The zero-order chi connectivity index (χ0) is 20.1. The van der Waals surface area contributed by atoms with Crippen molar-refractivity contribution in [2.75, 3.05) is 13.1 Å². The van der Waals surface area contributed by atoms with Crippen LogP contribution in [0.1, 0.15) is 41.0 Å². The fraction of sp³-hybridized carbons (Fsp3) is 0.269. The maximum absolute atomic E-state index is 6.35. The summed E-state index contributed by atoms with van der Waals surface area (Å²) >= 11 is 6.19. The molecule has 1 aliphatic carbocycles. The summed E-state index contributed by atoms with van der Waals surface area (Å²) in [5, 5.41) is 5.48. The van der Waals surface area contributed by atoms with Crippen molar-refractivity contribution in [2.45, 2.75) is 30.4 Å². The largest absolute Gasteiger partial charge is 0.388 e. The predicted octanol–water partition coefficient (Wildman–Crippen LogP) is 5.58. The normalized spacial score (nSPS) is 27.4. The van der Waals surface area contributed by atoms with Crippen LogP contribution < -0.4 is 0 Å². The quantitative estimate of drug-likeness (QED) is 0.558. The molecule has 0 saturated carbocycles. The molecule has 3 nitrogen and oxygen atoms in total. The molecule has 2 heterocycles. The summed E-state index contributed by atoms with van der Waals surface area (Å²) in [6.45, 7) is 2.12. The molecule has 0 radical (unpaired) electrons. The van der Waals surface area contributed by atoms with Crippen LogP contribution in [0, 0.1) is 0 Å². The zero-order valence-electron chi connectivity index (χ0n) is 16.7. The topological polar surface area (TPSA) is 24.8 Å². The van der Waals surface area contributed by atoms with Gasteiger partial charge >= 0.3 is 0 Å². The van der Waals surface area contributed by atoms with Gasteiger partial charge < -0.3 is 4.84 Å². The van der Waals surface area contributed by atoms with E-state index in [1.807, 2.05) is 12.1 Å². The summed E-state index contributed by atoms with van der Waals surface area (Å²) in [4.78, 5) is 8.96. The monoisotopic (exact) mass is 414 g/mol. The first-order valence-corrected chi connectivity index (χ1v) is 11.1.